The Labute approximate surface area is 169 Å². The van der Waals surface area contributed by atoms with Gasteiger partial charge in [0.2, 0.25) is 5.75 Å². The number of benzene rings is 3. The summed E-state index contributed by atoms with van der Waals surface area (Å²) in [5.41, 5.74) is 2.93. The third kappa shape index (κ3) is 4.99. The normalized spacial score (nSPS) is 11.1. The first-order chi connectivity index (χ1) is 14.0. The molecule has 3 rings (SSSR count). The minimum absolute atomic E-state index is 0.00975. The van der Waals surface area contributed by atoms with E-state index in [0.717, 1.165) is 24.0 Å². The van der Waals surface area contributed by atoms with Crippen LogP contribution in [0.2, 0.25) is 0 Å². The summed E-state index contributed by atoms with van der Waals surface area (Å²) < 4.78 is 0. The molecule has 0 heterocycles. The standard InChI is InChI=1S/C23H22N2O4/c1-2-6-16-9-10-22(26)20(13-16)24-15-19-12-18(11-17-7-4-3-5-8-17)14-21(23(19)27)25(28)29/h3-5,7-10,12-15,26-27H,2,6,11H2,1H3. The lowest BCUT2D eigenvalue weighted by molar-refractivity contribution is -0.385. The Balaban J connectivity index is 1.98. The number of nitro benzene ring substituents is 1. The molecule has 148 valence electrons. The summed E-state index contributed by atoms with van der Waals surface area (Å²) in [6.07, 6.45) is 3.65. The van der Waals surface area contributed by atoms with Crippen LogP contribution in [0.25, 0.3) is 0 Å². The van der Waals surface area contributed by atoms with Crippen LogP contribution in [-0.2, 0) is 12.8 Å². The molecule has 0 aliphatic heterocycles. The molecule has 0 unspecified atom stereocenters. The Kier molecular flexibility index (Phi) is 6.24. The van der Waals surface area contributed by atoms with Crippen molar-refractivity contribution in [3.8, 4) is 11.5 Å². The van der Waals surface area contributed by atoms with Gasteiger partial charge in [-0.1, -0.05) is 49.7 Å². The lowest BCUT2D eigenvalue weighted by Crippen LogP contribution is -1.97. The van der Waals surface area contributed by atoms with Crippen molar-refractivity contribution < 1.29 is 15.1 Å². The predicted molar refractivity (Wildman–Crippen MR) is 113 cm³/mol. The smallest absolute Gasteiger partial charge is 0.311 e. The van der Waals surface area contributed by atoms with E-state index in [-0.39, 0.29) is 17.0 Å². The molecule has 6 nitrogen and oxygen atoms in total. The quantitative estimate of drug-likeness (QED) is 0.325. The molecule has 0 amide bonds. The highest BCUT2D eigenvalue weighted by Gasteiger charge is 2.18. The van der Waals surface area contributed by atoms with E-state index in [9.17, 15) is 20.3 Å². The van der Waals surface area contributed by atoms with Crippen molar-refractivity contribution in [1.82, 2.24) is 0 Å². The maximum Gasteiger partial charge on any atom is 0.311 e. The van der Waals surface area contributed by atoms with Crippen LogP contribution >= 0.6 is 0 Å². The Bertz CT molecular complexity index is 1050. The van der Waals surface area contributed by atoms with Gasteiger partial charge in [0.05, 0.1) is 4.92 Å². The van der Waals surface area contributed by atoms with Crippen LogP contribution in [0.3, 0.4) is 0 Å². The van der Waals surface area contributed by atoms with E-state index in [4.69, 9.17) is 0 Å². The average Bonchev–Trinajstić information content (AvgIpc) is 2.71. The summed E-state index contributed by atoms with van der Waals surface area (Å²) in [4.78, 5) is 15.0. The van der Waals surface area contributed by atoms with E-state index in [1.165, 1.54) is 12.3 Å². The fourth-order valence-electron chi connectivity index (χ4n) is 3.13. The maximum atomic E-state index is 11.4. The van der Waals surface area contributed by atoms with E-state index < -0.39 is 10.7 Å². The average molecular weight is 390 g/mol. The van der Waals surface area contributed by atoms with Crippen molar-refractivity contribution >= 4 is 17.6 Å². The van der Waals surface area contributed by atoms with Crippen LogP contribution in [0, 0.1) is 10.1 Å². The summed E-state index contributed by atoms with van der Waals surface area (Å²) in [6, 6.07) is 17.8. The minimum atomic E-state index is -0.611. The highest BCUT2D eigenvalue weighted by molar-refractivity contribution is 5.88. The third-order valence-corrected chi connectivity index (χ3v) is 4.55. The van der Waals surface area contributed by atoms with Crippen LogP contribution in [0.4, 0.5) is 11.4 Å². The number of hydrogen-bond donors (Lipinski definition) is 2. The van der Waals surface area contributed by atoms with Gasteiger partial charge in [-0.2, -0.15) is 0 Å². The zero-order chi connectivity index (χ0) is 20.8. The molecule has 0 spiro atoms. The van der Waals surface area contributed by atoms with Gasteiger partial charge in [0.15, 0.2) is 0 Å². The number of hydrogen-bond acceptors (Lipinski definition) is 5. The van der Waals surface area contributed by atoms with Gasteiger partial charge in [-0.25, -0.2) is 0 Å². The van der Waals surface area contributed by atoms with Crippen molar-refractivity contribution in [2.45, 2.75) is 26.2 Å². The van der Waals surface area contributed by atoms with Gasteiger partial charge in [-0.3, -0.25) is 15.1 Å². The molecule has 3 aromatic rings. The van der Waals surface area contributed by atoms with Crippen molar-refractivity contribution in [2.75, 3.05) is 0 Å². The fourth-order valence-corrected chi connectivity index (χ4v) is 3.13. The van der Waals surface area contributed by atoms with E-state index in [1.54, 1.807) is 18.2 Å². The number of phenolic OH excluding ortho intramolecular Hbond substituents is 2. The Morgan fingerprint density at radius 2 is 1.76 bits per heavy atom. The topological polar surface area (TPSA) is 96.0 Å². The Hall–Kier alpha value is -3.67. The first kappa shape index (κ1) is 20.1. The van der Waals surface area contributed by atoms with E-state index in [0.29, 0.717) is 17.7 Å². The predicted octanol–water partition coefficient (Wildman–Crippen LogP) is 5.30. The van der Waals surface area contributed by atoms with Crippen molar-refractivity contribution in [2.24, 2.45) is 4.99 Å². The zero-order valence-corrected chi connectivity index (χ0v) is 16.1. The number of phenols is 2. The lowest BCUT2D eigenvalue weighted by Gasteiger charge is -2.07. The molecular weight excluding hydrogens is 368 g/mol. The summed E-state index contributed by atoms with van der Waals surface area (Å²) in [6.45, 7) is 2.06. The number of aryl methyl sites for hydroxylation is 1. The number of aliphatic imine (C=N–C) groups is 1. The highest BCUT2D eigenvalue weighted by Crippen LogP contribution is 2.33. The van der Waals surface area contributed by atoms with Gasteiger partial charge in [0, 0.05) is 17.8 Å². The maximum absolute atomic E-state index is 11.4. The summed E-state index contributed by atoms with van der Waals surface area (Å²) >= 11 is 0. The molecule has 0 atom stereocenters. The van der Waals surface area contributed by atoms with Crippen molar-refractivity contribution in [1.29, 1.82) is 0 Å². The van der Waals surface area contributed by atoms with Crippen LogP contribution in [-0.4, -0.2) is 21.4 Å². The van der Waals surface area contributed by atoms with Gasteiger partial charge in [0.25, 0.3) is 0 Å². The number of nitro groups is 1. The molecule has 0 aliphatic rings. The molecule has 3 aromatic carbocycles. The molecule has 0 aliphatic carbocycles. The van der Waals surface area contributed by atoms with Gasteiger partial charge in [-0.15, -0.1) is 0 Å². The first-order valence-corrected chi connectivity index (χ1v) is 9.38. The van der Waals surface area contributed by atoms with Crippen LogP contribution in [0.5, 0.6) is 11.5 Å². The lowest BCUT2D eigenvalue weighted by atomic mass is 10.0. The third-order valence-electron chi connectivity index (χ3n) is 4.55. The molecule has 0 radical (unpaired) electrons. The van der Waals surface area contributed by atoms with Gasteiger partial charge in [-0.05, 0) is 47.7 Å². The monoisotopic (exact) mass is 390 g/mol. The zero-order valence-electron chi connectivity index (χ0n) is 16.1. The summed E-state index contributed by atoms with van der Waals surface area (Å²) in [5.74, 6) is -0.435. The SMILES string of the molecule is CCCc1ccc(O)c(N=Cc2cc(Cc3ccccc3)cc([N+](=O)[O-])c2O)c1. The number of rotatable bonds is 7. The summed E-state index contributed by atoms with van der Waals surface area (Å²) in [7, 11) is 0. The van der Waals surface area contributed by atoms with E-state index in [2.05, 4.69) is 11.9 Å². The molecule has 0 fully saturated rings. The molecule has 0 saturated carbocycles. The van der Waals surface area contributed by atoms with Crippen LogP contribution < -0.4 is 0 Å². The minimum Gasteiger partial charge on any atom is -0.506 e. The van der Waals surface area contributed by atoms with Crippen LogP contribution in [0.1, 0.15) is 35.6 Å². The number of nitrogens with zero attached hydrogens (tertiary/aromatic N) is 2. The fraction of sp³-hybridized carbons (Fsp3) is 0.174. The molecule has 0 bridgehead atoms. The Morgan fingerprint density at radius 1 is 1.00 bits per heavy atom. The second-order valence-corrected chi connectivity index (χ2v) is 6.80. The highest BCUT2D eigenvalue weighted by atomic mass is 16.6. The van der Waals surface area contributed by atoms with Gasteiger partial charge in [0.1, 0.15) is 11.4 Å². The second-order valence-electron chi connectivity index (χ2n) is 6.80. The van der Waals surface area contributed by atoms with Crippen molar-refractivity contribution in [3.63, 3.8) is 0 Å². The van der Waals surface area contributed by atoms with Gasteiger partial charge < -0.3 is 10.2 Å². The van der Waals surface area contributed by atoms with E-state index >= 15 is 0 Å². The van der Waals surface area contributed by atoms with Gasteiger partial charge >= 0.3 is 5.69 Å². The molecule has 6 heteroatoms. The van der Waals surface area contributed by atoms with E-state index in [1.807, 2.05) is 36.4 Å². The van der Waals surface area contributed by atoms with Crippen molar-refractivity contribution in [3.05, 3.63) is 93.0 Å². The number of aromatic hydroxyl groups is 2. The largest absolute Gasteiger partial charge is 0.506 e. The molecular formula is C23H22N2O4. The molecule has 29 heavy (non-hydrogen) atoms. The summed E-state index contributed by atoms with van der Waals surface area (Å²) in [5, 5.41) is 31.8. The van der Waals surface area contributed by atoms with Crippen LogP contribution in [0.15, 0.2) is 65.7 Å². The molecule has 2 N–H and O–H groups in total. The first-order valence-electron chi connectivity index (χ1n) is 9.38. The Morgan fingerprint density at radius 3 is 2.45 bits per heavy atom. The molecule has 0 saturated heterocycles. The second kappa shape index (κ2) is 9.01. The molecule has 0 aromatic heterocycles.